The van der Waals surface area contributed by atoms with Crippen molar-refractivity contribution in [3.63, 3.8) is 0 Å². The predicted molar refractivity (Wildman–Crippen MR) is 58.5 cm³/mol. The van der Waals surface area contributed by atoms with Crippen LogP contribution < -0.4 is 5.32 Å². The van der Waals surface area contributed by atoms with Gasteiger partial charge in [-0.1, -0.05) is 0 Å². The monoisotopic (exact) mass is 270 g/mol. The van der Waals surface area contributed by atoms with E-state index in [2.05, 4.69) is 4.98 Å². The first-order valence-corrected chi connectivity index (χ1v) is 5.06. The quantitative estimate of drug-likeness (QED) is 0.673. The third-order valence-corrected chi connectivity index (χ3v) is 2.24. The van der Waals surface area contributed by atoms with Crippen molar-refractivity contribution in [2.24, 2.45) is 0 Å². The van der Waals surface area contributed by atoms with Gasteiger partial charge in [0.25, 0.3) is 5.91 Å². The first-order chi connectivity index (χ1) is 8.97. The van der Waals surface area contributed by atoms with Gasteiger partial charge in [0, 0.05) is 0 Å². The topological polar surface area (TPSA) is 42.0 Å². The van der Waals surface area contributed by atoms with E-state index in [0.717, 1.165) is 24.3 Å². The van der Waals surface area contributed by atoms with Gasteiger partial charge in [-0.2, -0.15) is 13.8 Å². The van der Waals surface area contributed by atoms with E-state index in [1.54, 1.807) is 0 Å². The number of nitrogens with zero attached hydrogens (tertiary/aromatic N) is 1. The summed E-state index contributed by atoms with van der Waals surface area (Å²) < 4.78 is 51.9. The van der Waals surface area contributed by atoms with Crippen LogP contribution in [-0.4, -0.2) is 10.9 Å². The van der Waals surface area contributed by atoms with E-state index < -0.39 is 40.7 Å². The standard InChI is InChI=1S/C12H6F4N2O/c13-6-1-2-8(14)7(5-6)12(19)17-9-3-4-10(15)18-11(9)16/h1-5H,(H,17,19). The number of amides is 1. The maximum Gasteiger partial charge on any atom is 0.258 e. The van der Waals surface area contributed by atoms with Gasteiger partial charge in [0.05, 0.1) is 11.3 Å². The van der Waals surface area contributed by atoms with Crippen molar-refractivity contribution in [2.75, 3.05) is 5.32 Å². The number of hydrogen-bond donors (Lipinski definition) is 1. The molecule has 1 aromatic heterocycles. The predicted octanol–water partition coefficient (Wildman–Crippen LogP) is 2.89. The number of carbonyl (C=O) groups is 1. The third-order valence-electron chi connectivity index (χ3n) is 2.24. The zero-order valence-electron chi connectivity index (χ0n) is 9.25. The Hall–Kier alpha value is -2.44. The molecule has 1 N–H and O–H groups in total. The van der Waals surface area contributed by atoms with E-state index >= 15 is 0 Å². The van der Waals surface area contributed by atoms with Crippen molar-refractivity contribution >= 4 is 11.6 Å². The minimum atomic E-state index is -1.26. The number of nitrogens with one attached hydrogen (secondary N) is 1. The van der Waals surface area contributed by atoms with Crippen molar-refractivity contribution < 1.29 is 22.4 Å². The Bertz CT molecular complexity index is 646. The molecule has 0 aliphatic heterocycles. The van der Waals surface area contributed by atoms with Gasteiger partial charge in [-0.3, -0.25) is 4.79 Å². The maximum absolute atomic E-state index is 13.3. The number of anilines is 1. The highest BCUT2D eigenvalue weighted by Crippen LogP contribution is 2.15. The summed E-state index contributed by atoms with van der Waals surface area (Å²) in [5, 5.41) is 1.97. The largest absolute Gasteiger partial charge is 0.318 e. The molecule has 0 atom stereocenters. The molecule has 2 rings (SSSR count). The average molecular weight is 270 g/mol. The van der Waals surface area contributed by atoms with Crippen molar-refractivity contribution in [1.82, 2.24) is 4.98 Å². The van der Waals surface area contributed by atoms with E-state index in [-0.39, 0.29) is 0 Å². The van der Waals surface area contributed by atoms with Crippen LogP contribution >= 0.6 is 0 Å². The summed E-state index contributed by atoms with van der Waals surface area (Å²) in [7, 11) is 0. The average Bonchev–Trinajstić information content (AvgIpc) is 2.35. The van der Waals surface area contributed by atoms with Gasteiger partial charge in [0.1, 0.15) is 11.6 Å². The van der Waals surface area contributed by atoms with E-state index in [0.29, 0.717) is 6.07 Å². The van der Waals surface area contributed by atoms with Gasteiger partial charge < -0.3 is 5.32 Å². The van der Waals surface area contributed by atoms with Crippen LogP contribution in [0.2, 0.25) is 0 Å². The second-order valence-electron chi connectivity index (χ2n) is 3.55. The van der Waals surface area contributed by atoms with Crippen LogP contribution in [0.4, 0.5) is 23.2 Å². The van der Waals surface area contributed by atoms with Crippen molar-refractivity contribution in [3.8, 4) is 0 Å². The molecule has 0 unspecified atom stereocenters. The van der Waals surface area contributed by atoms with Crippen molar-refractivity contribution in [1.29, 1.82) is 0 Å². The summed E-state index contributed by atoms with van der Waals surface area (Å²) in [6.07, 6.45) is 0. The molecule has 0 fully saturated rings. The molecule has 0 spiro atoms. The van der Waals surface area contributed by atoms with Gasteiger partial charge >= 0.3 is 0 Å². The zero-order valence-corrected chi connectivity index (χ0v) is 9.25. The lowest BCUT2D eigenvalue weighted by atomic mass is 10.2. The van der Waals surface area contributed by atoms with Crippen LogP contribution in [0, 0.1) is 23.5 Å². The number of carbonyl (C=O) groups excluding carboxylic acids is 1. The highest BCUT2D eigenvalue weighted by atomic mass is 19.1. The molecule has 7 heteroatoms. The molecule has 0 bridgehead atoms. The fourth-order valence-electron chi connectivity index (χ4n) is 1.37. The Balaban J connectivity index is 2.28. The molecule has 0 saturated carbocycles. The molecule has 98 valence electrons. The Labute approximate surface area is 104 Å². The summed E-state index contributed by atoms with van der Waals surface area (Å²) in [5.74, 6) is -5.17. The minimum absolute atomic E-state index is 0.435. The molecule has 2 aromatic rings. The summed E-state index contributed by atoms with van der Waals surface area (Å²) in [5.41, 5.74) is -1.03. The summed E-state index contributed by atoms with van der Waals surface area (Å²) in [6.45, 7) is 0. The Morgan fingerprint density at radius 1 is 1.05 bits per heavy atom. The van der Waals surface area contributed by atoms with Crippen LogP contribution in [0.25, 0.3) is 0 Å². The molecular weight excluding hydrogens is 264 g/mol. The molecule has 3 nitrogen and oxygen atoms in total. The molecule has 1 aromatic carbocycles. The molecule has 0 saturated heterocycles. The fraction of sp³-hybridized carbons (Fsp3) is 0. The van der Waals surface area contributed by atoms with Gasteiger partial charge in [-0.05, 0) is 30.3 Å². The summed E-state index contributed by atoms with van der Waals surface area (Å²) in [4.78, 5) is 14.5. The van der Waals surface area contributed by atoms with Gasteiger partial charge in [-0.25, -0.2) is 8.78 Å². The second kappa shape index (κ2) is 5.05. The fourth-order valence-corrected chi connectivity index (χ4v) is 1.37. The van der Waals surface area contributed by atoms with E-state index in [1.165, 1.54) is 0 Å². The number of hydrogen-bond acceptors (Lipinski definition) is 2. The summed E-state index contributed by atoms with van der Waals surface area (Å²) >= 11 is 0. The Morgan fingerprint density at radius 3 is 2.47 bits per heavy atom. The number of pyridine rings is 1. The van der Waals surface area contributed by atoms with E-state index in [4.69, 9.17) is 0 Å². The molecule has 0 aliphatic rings. The van der Waals surface area contributed by atoms with Crippen LogP contribution in [-0.2, 0) is 0 Å². The molecule has 19 heavy (non-hydrogen) atoms. The molecule has 0 aliphatic carbocycles. The third kappa shape index (κ3) is 2.87. The number of benzene rings is 1. The van der Waals surface area contributed by atoms with Crippen LogP contribution in [0.1, 0.15) is 10.4 Å². The Morgan fingerprint density at radius 2 is 1.79 bits per heavy atom. The van der Waals surface area contributed by atoms with E-state index in [1.807, 2.05) is 5.32 Å². The lowest BCUT2D eigenvalue weighted by Crippen LogP contribution is -2.15. The van der Waals surface area contributed by atoms with Crippen molar-refractivity contribution in [3.05, 3.63) is 59.4 Å². The first-order valence-electron chi connectivity index (χ1n) is 5.06. The van der Waals surface area contributed by atoms with Gasteiger partial charge in [0.2, 0.25) is 11.9 Å². The summed E-state index contributed by atoms with van der Waals surface area (Å²) in [6, 6.07) is 4.02. The number of rotatable bonds is 2. The van der Waals surface area contributed by atoms with Crippen LogP contribution in [0.5, 0.6) is 0 Å². The zero-order chi connectivity index (χ0) is 14.0. The smallest absolute Gasteiger partial charge is 0.258 e. The number of halogens is 4. The highest BCUT2D eigenvalue weighted by Gasteiger charge is 2.15. The van der Waals surface area contributed by atoms with Gasteiger partial charge in [-0.15, -0.1) is 0 Å². The Kier molecular flexibility index (Phi) is 3.46. The minimum Gasteiger partial charge on any atom is -0.318 e. The lowest BCUT2D eigenvalue weighted by molar-refractivity contribution is 0.102. The molecule has 1 heterocycles. The normalized spacial score (nSPS) is 10.3. The second-order valence-corrected chi connectivity index (χ2v) is 3.55. The van der Waals surface area contributed by atoms with Crippen LogP contribution in [0.3, 0.4) is 0 Å². The van der Waals surface area contributed by atoms with Crippen molar-refractivity contribution in [2.45, 2.75) is 0 Å². The molecular formula is C12H6F4N2O. The SMILES string of the molecule is O=C(Nc1ccc(F)nc1F)c1cc(F)ccc1F. The lowest BCUT2D eigenvalue weighted by Gasteiger charge is -2.06. The first kappa shape index (κ1) is 13.0. The highest BCUT2D eigenvalue weighted by molar-refractivity contribution is 6.04. The van der Waals surface area contributed by atoms with Gasteiger partial charge in [0.15, 0.2) is 0 Å². The van der Waals surface area contributed by atoms with E-state index in [9.17, 15) is 22.4 Å². The number of aromatic nitrogens is 1. The molecule has 1 amide bonds. The van der Waals surface area contributed by atoms with Crippen LogP contribution in [0.15, 0.2) is 30.3 Å². The molecule has 0 radical (unpaired) electrons. The maximum atomic E-state index is 13.3.